The van der Waals surface area contributed by atoms with Crippen LogP contribution >= 0.6 is 0 Å². The van der Waals surface area contributed by atoms with Crippen molar-refractivity contribution in [2.24, 2.45) is 10.2 Å². The van der Waals surface area contributed by atoms with Crippen molar-refractivity contribution in [2.75, 3.05) is 12.4 Å². The van der Waals surface area contributed by atoms with Crippen molar-refractivity contribution < 1.29 is 90.2 Å². The number of hydrogen-bond acceptors (Lipinski definition) is 9. The standard InChI is InChI=1S/C17H15N3O7S2.2Na/c1-18-12-7-8-13(28(22,23)24)11-9-14(29(25,26)27)16(17(21)15(11)12)20-19-10-5-3-2-4-6-10;;/h2-9,18,21H,1H3,(H,22,23,24)(H,25,26,27);;/q;2*+1/p-2. The number of azo groups is 1. The molecule has 2 N–H and O–H groups in total. The second-order valence-electron chi connectivity index (χ2n) is 5.80. The van der Waals surface area contributed by atoms with E-state index in [0.29, 0.717) is 5.69 Å². The van der Waals surface area contributed by atoms with Gasteiger partial charge in [0.2, 0.25) is 0 Å². The molecule has 0 heterocycles. The van der Waals surface area contributed by atoms with E-state index in [0.717, 1.165) is 12.1 Å². The van der Waals surface area contributed by atoms with Crippen molar-refractivity contribution in [3.05, 3.63) is 48.5 Å². The maximum atomic E-state index is 13.0. The van der Waals surface area contributed by atoms with E-state index in [4.69, 9.17) is 0 Å². The van der Waals surface area contributed by atoms with Crippen LogP contribution in [0.5, 0.6) is 5.75 Å². The van der Waals surface area contributed by atoms with Gasteiger partial charge in [0, 0.05) is 23.5 Å². The SMILES string of the molecule is CNc1ccc(S(=O)(=O)[O-])c2cc(S(=O)(=O)O)c(N=Nc3ccccc3)c([O-])c12.[Na+].[Na+]. The van der Waals surface area contributed by atoms with Crippen LogP contribution in [0.4, 0.5) is 17.1 Å². The smallest absolute Gasteiger partial charge is 0.870 e. The molecule has 10 nitrogen and oxygen atoms in total. The van der Waals surface area contributed by atoms with Crippen LogP contribution in [0.1, 0.15) is 0 Å². The number of anilines is 1. The summed E-state index contributed by atoms with van der Waals surface area (Å²) >= 11 is 0. The van der Waals surface area contributed by atoms with Gasteiger partial charge in [0.1, 0.15) is 15.0 Å². The van der Waals surface area contributed by atoms with Crippen LogP contribution in [-0.4, -0.2) is 33.0 Å². The molecule has 0 atom stereocenters. The van der Waals surface area contributed by atoms with Gasteiger partial charge in [0.15, 0.2) is 0 Å². The second kappa shape index (κ2) is 10.7. The fraction of sp³-hybridized carbons (Fsp3) is 0.0588. The zero-order chi connectivity index (χ0) is 21.4. The van der Waals surface area contributed by atoms with Crippen LogP contribution in [0.3, 0.4) is 0 Å². The van der Waals surface area contributed by atoms with Crippen molar-refractivity contribution in [3.8, 4) is 5.75 Å². The predicted octanol–water partition coefficient (Wildman–Crippen LogP) is -3.47. The fourth-order valence-corrected chi connectivity index (χ4v) is 4.05. The van der Waals surface area contributed by atoms with Gasteiger partial charge in [-0.3, -0.25) is 4.55 Å². The molecule has 0 fully saturated rings. The summed E-state index contributed by atoms with van der Waals surface area (Å²) in [6.45, 7) is 0. The van der Waals surface area contributed by atoms with E-state index >= 15 is 0 Å². The minimum absolute atomic E-state index is 0. The molecule has 3 aromatic rings. The molecule has 0 aliphatic rings. The zero-order valence-corrected chi connectivity index (χ0v) is 22.4. The molecular formula is C17H13N3Na2O7S2. The van der Waals surface area contributed by atoms with E-state index in [2.05, 4.69) is 15.5 Å². The average Bonchev–Trinajstić information content (AvgIpc) is 2.65. The Morgan fingerprint density at radius 3 is 2.06 bits per heavy atom. The summed E-state index contributed by atoms with van der Waals surface area (Å²) in [6.07, 6.45) is 0. The van der Waals surface area contributed by atoms with Crippen LogP contribution in [0.2, 0.25) is 0 Å². The van der Waals surface area contributed by atoms with Gasteiger partial charge in [-0.1, -0.05) is 23.9 Å². The minimum Gasteiger partial charge on any atom is -0.870 e. The first kappa shape index (κ1) is 28.0. The van der Waals surface area contributed by atoms with Gasteiger partial charge in [-0.15, -0.1) is 5.11 Å². The summed E-state index contributed by atoms with van der Waals surface area (Å²) in [5, 5.41) is 22.4. The first-order valence-corrected chi connectivity index (χ1v) is 10.8. The molecule has 0 amide bonds. The molecule has 3 rings (SSSR count). The summed E-state index contributed by atoms with van der Waals surface area (Å²) in [6, 6.07) is 10.9. The normalized spacial score (nSPS) is 11.7. The molecule has 0 radical (unpaired) electrons. The molecule has 0 aromatic heterocycles. The number of rotatable bonds is 5. The maximum absolute atomic E-state index is 13.0. The number of nitrogens with zero attached hydrogens (tertiary/aromatic N) is 2. The largest absolute Gasteiger partial charge is 1.00 e. The summed E-state index contributed by atoms with van der Waals surface area (Å²) < 4.78 is 68.0. The van der Waals surface area contributed by atoms with E-state index in [1.54, 1.807) is 30.3 Å². The third-order valence-corrected chi connectivity index (χ3v) is 5.76. The van der Waals surface area contributed by atoms with E-state index in [-0.39, 0.29) is 70.2 Å². The summed E-state index contributed by atoms with van der Waals surface area (Å²) in [5.41, 5.74) is -0.283. The molecule has 31 heavy (non-hydrogen) atoms. The molecule has 0 saturated heterocycles. The van der Waals surface area contributed by atoms with Gasteiger partial charge < -0.3 is 15.0 Å². The Morgan fingerprint density at radius 2 is 1.55 bits per heavy atom. The summed E-state index contributed by atoms with van der Waals surface area (Å²) in [7, 11) is -8.61. The van der Waals surface area contributed by atoms with Crippen LogP contribution in [0.25, 0.3) is 10.8 Å². The number of benzene rings is 3. The topological polar surface area (TPSA) is 171 Å². The molecule has 0 bridgehead atoms. The van der Waals surface area contributed by atoms with Gasteiger partial charge in [-0.25, -0.2) is 8.42 Å². The predicted molar refractivity (Wildman–Crippen MR) is 101 cm³/mol. The van der Waals surface area contributed by atoms with Crippen molar-refractivity contribution >= 4 is 48.1 Å². The van der Waals surface area contributed by atoms with E-state index in [1.165, 1.54) is 13.1 Å². The molecule has 0 unspecified atom stereocenters. The van der Waals surface area contributed by atoms with Crippen molar-refractivity contribution in [2.45, 2.75) is 9.79 Å². The third kappa shape index (κ3) is 6.05. The fourth-order valence-electron chi connectivity index (χ4n) is 2.74. The minimum atomic E-state index is -5.05. The molecule has 0 aliphatic carbocycles. The first-order chi connectivity index (χ1) is 13.5. The Bertz CT molecular complexity index is 1350. The molecule has 0 saturated carbocycles. The van der Waals surface area contributed by atoms with Crippen LogP contribution in [-0.2, 0) is 20.2 Å². The second-order valence-corrected chi connectivity index (χ2v) is 8.54. The molecule has 0 aliphatic heterocycles. The third-order valence-electron chi connectivity index (χ3n) is 3.99. The number of nitrogens with one attached hydrogen (secondary N) is 1. The summed E-state index contributed by atoms with van der Waals surface area (Å²) in [4.78, 5) is -1.77. The monoisotopic (exact) mass is 481 g/mol. The Kier molecular flexibility index (Phi) is 9.66. The van der Waals surface area contributed by atoms with Crippen molar-refractivity contribution in [3.63, 3.8) is 0 Å². The van der Waals surface area contributed by atoms with Crippen LogP contribution in [0, 0.1) is 0 Å². The maximum Gasteiger partial charge on any atom is 1.00 e. The molecular weight excluding hydrogens is 468 g/mol. The van der Waals surface area contributed by atoms with Crippen LogP contribution in [0.15, 0.2) is 68.6 Å². The summed E-state index contributed by atoms with van der Waals surface area (Å²) in [5.74, 6) is -1.02. The molecule has 0 spiro atoms. The van der Waals surface area contributed by atoms with E-state index in [1.807, 2.05) is 0 Å². The van der Waals surface area contributed by atoms with Crippen molar-refractivity contribution in [1.82, 2.24) is 0 Å². The molecule has 14 heteroatoms. The Balaban J connectivity index is 0.00000240. The van der Waals surface area contributed by atoms with E-state index in [9.17, 15) is 31.0 Å². The van der Waals surface area contributed by atoms with Gasteiger partial charge in [0.25, 0.3) is 10.1 Å². The quantitative estimate of drug-likeness (QED) is 0.215. The van der Waals surface area contributed by atoms with Gasteiger partial charge in [-0.2, -0.15) is 13.5 Å². The zero-order valence-electron chi connectivity index (χ0n) is 16.7. The van der Waals surface area contributed by atoms with Gasteiger partial charge >= 0.3 is 59.1 Å². The van der Waals surface area contributed by atoms with E-state index < -0.39 is 46.9 Å². The Morgan fingerprint density at radius 1 is 0.935 bits per heavy atom. The Hall–Kier alpha value is -1.06. The van der Waals surface area contributed by atoms with Crippen molar-refractivity contribution in [1.29, 1.82) is 0 Å². The first-order valence-electron chi connectivity index (χ1n) is 7.92. The van der Waals surface area contributed by atoms with Gasteiger partial charge in [0.05, 0.1) is 16.3 Å². The van der Waals surface area contributed by atoms with Gasteiger partial charge in [-0.05, 0) is 30.3 Å². The average molecular weight is 481 g/mol. The number of fused-ring (bicyclic) bond motifs is 1. The Labute approximate surface area is 222 Å². The number of hydrogen-bond donors (Lipinski definition) is 2. The molecule has 3 aromatic carbocycles. The molecule has 152 valence electrons. The van der Waals surface area contributed by atoms with Crippen LogP contribution < -0.4 is 69.5 Å².